The average molecular weight is 275 g/mol. The minimum Gasteiger partial charge on any atom is -0.465 e. The third-order valence-corrected chi connectivity index (χ3v) is 3.55. The Morgan fingerprint density at radius 2 is 2.40 bits per heavy atom. The van der Waals surface area contributed by atoms with Crippen LogP contribution < -0.4 is 5.56 Å². The summed E-state index contributed by atoms with van der Waals surface area (Å²) in [5.41, 5.74) is -0.244. The first-order chi connectivity index (χ1) is 9.67. The van der Waals surface area contributed by atoms with Crippen molar-refractivity contribution in [2.45, 2.75) is 12.5 Å². The van der Waals surface area contributed by atoms with Gasteiger partial charge in [-0.1, -0.05) is 0 Å². The van der Waals surface area contributed by atoms with Gasteiger partial charge in [-0.2, -0.15) is 0 Å². The predicted octanol–water partition coefficient (Wildman–Crippen LogP) is 0.801. The van der Waals surface area contributed by atoms with Gasteiger partial charge in [-0.05, 0) is 18.6 Å². The zero-order valence-corrected chi connectivity index (χ0v) is 11.4. The van der Waals surface area contributed by atoms with Gasteiger partial charge in [0.1, 0.15) is 5.56 Å². The predicted molar refractivity (Wildman–Crippen MR) is 73.6 cm³/mol. The molecule has 20 heavy (non-hydrogen) atoms. The summed E-state index contributed by atoms with van der Waals surface area (Å²) in [6.07, 6.45) is 2.56. The van der Waals surface area contributed by atoms with Gasteiger partial charge in [0.2, 0.25) is 6.54 Å². The number of carbonyl (C=O) groups excluding carboxylic acids is 1. The lowest BCUT2D eigenvalue weighted by Crippen LogP contribution is -2.31. The third-order valence-electron chi connectivity index (χ3n) is 3.55. The van der Waals surface area contributed by atoms with E-state index in [2.05, 4.69) is 14.5 Å². The summed E-state index contributed by atoms with van der Waals surface area (Å²) in [5, 5.41) is 0. The van der Waals surface area contributed by atoms with Crippen LogP contribution in [0.25, 0.3) is 4.85 Å². The first kappa shape index (κ1) is 14.3. The summed E-state index contributed by atoms with van der Waals surface area (Å²) in [6.45, 7) is 9.61. The largest absolute Gasteiger partial charge is 0.465 e. The monoisotopic (exact) mass is 275 g/mol. The van der Waals surface area contributed by atoms with Gasteiger partial charge in [0.15, 0.2) is 0 Å². The number of hydrogen-bond donors (Lipinski definition) is 0. The quantitative estimate of drug-likeness (QED) is 0.602. The molecule has 0 spiro atoms. The van der Waals surface area contributed by atoms with Crippen LogP contribution in [0.1, 0.15) is 22.8 Å². The van der Waals surface area contributed by atoms with Crippen LogP contribution in [0.3, 0.4) is 0 Å². The van der Waals surface area contributed by atoms with E-state index in [1.807, 2.05) is 0 Å². The number of rotatable bonds is 4. The zero-order chi connectivity index (χ0) is 14.5. The van der Waals surface area contributed by atoms with E-state index in [1.165, 1.54) is 13.2 Å². The smallest absolute Gasteiger partial charge is 0.343 e. The van der Waals surface area contributed by atoms with Crippen molar-refractivity contribution in [3.8, 4) is 0 Å². The first-order valence-electron chi connectivity index (χ1n) is 6.52. The molecule has 6 heteroatoms. The Bertz CT molecular complexity index is 588. The number of pyridine rings is 1. The van der Waals surface area contributed by atoms with E-state index >= 15 is 0 Å². The van der Waals surface area contributed by atoms with Crippen molar-refractivity contribution in [2.75, 3.05) is 33.3 Å². The number of ether oxygens (including phenoxy) is 1. The van der Waals surface area contributed by atoms with Crippen molar-refractivity contribution in [3.05, 3.63) is 45.7 Å². The number of nitrogens with zero attached hydrogens (tertiary/aromatic N) is 3. The van der Waals surface area contributed by atoms with Crippen LogP contribution in [0.4, 0.5) is 0 Å². The molecule has 0 bridgehead atoms. The third kappa shape index (κ3) is 2.89. The van der Waals surface area contributed by atoms with E-state index in [0.717, 1.165) is 26.1 Å². The molecule has 1 saturated heterocycles. The molecule has 1 atom stereocenters. The van der Waals surface area contributed by atoms with Crippen molar-refractivity contribution in [1.82, 2.24) is 9.47 Å². The highest BCUT2D eigenvalue weighted by Gasteiger charge is 2.26. The molecule has 0 amide bonds. The number of aromatic nitrogens is 1. The molecule has 1 fully saturated rings. The molecule has 2 rings (SSSR count). The number of hydrogen-bond acceptors (Lipinski definition) is 4. The van der Waals surface area contributed by atoms with Crippen LogP contribution in [-0.2, 0) is 4.74 Å². The number of methoxy groups -OCH3 is 1. The molecule has 0 N–H and O–H groups in total. The van der Waals surface area contributed by atoms with Gasteiger partial charge in [-0.15, -0.1) is 0 Å². The molecule has 106 valence electrons. The Kier molecular flexibility index (Phi) is 4.53. The Balaban J connectivity index is 2.17. The summed E-state index contributed by atoms with van der Waals surface area (Å²) in [7, 11) is 1.26. The molecule has 2 heterocycles. The maximum Gasteiger partial charge on any atom is 0.343 e. The molecule has 0 unspecified atom stereocenters. The minimum absolute atomic E-state index is 0.0536. The van der Waals surface area contributed by atoms with Crippen LogP contribution >= 0.6 is 0 Å². The van der Waals surface area contributed by atoms with E-state index < -0.39 is 5.97 Å². The SMILES string of the molecule is [C-]#[N+]CCN1CC[C@@H](n2cccc(C(=O)OC)c2=O)C1. The van der Waals surface area contributed by atoms with E-state index in [1.54, 1.807) is 16.8 Å². The maximum atomic E-state index is 12.3. The molecular formula is C14H17N3O3. The highest BCUT2D eigenvalue weighted by molar-refractivity contribution is 5.88. The second-order valence-electron chi connectivity index (χ2n) is 4.75. The van der Waals surface area contributed by atoms with E-state index in [0.29, 0.717) is 6.54 Å². The zero-order valence-electron chi connectivity index (χ0n) is 11.4. The van der Waals surface area contributed by atoms with Crippen molar-refractivity contribution < 1.29 is 9.53 Å². The van der Waals surface area contributed by atoms with Gasteiger partial charge in [0.25, 0.3) is 5.56 Å². The van der Waals surface area contributed by atoms with Crippen LogP contribution in [-0.4, -0.2) is 48.7 Å². The van der Waals surface area contributed by atoms with Gasteiger partial charge in [0.05, 0.1) is 19.7 Å². The fourth-order valence-corrected chi connectivity index (χ4v) is 2.50. The van der Waals surface area contributed by atoms with E-state index in [9.17, 15) is 9.59 Å². The normalized spacial score (nSPS) is 18.7. The van der Waals surface area contributed by atoms with Crippen molar-refractivity contribution in [1.29, 1.82) is 0 Å². The molecule has 0 radical (unpaired) electrons. The Hall–Kier alpha value is -2.13. The molecule has 0 aromatic carbocycles. The van der Waals surface area contributed by atoms with Gasteiger partial charge < -0.3 is 14.1 Å². The van der Waals surface area contributed by atoms with Crippen LogP contribution in [0.5, 0.6) is 0 Å². The summed E-state index contributed by atoms with van der Waals surface area (Å²) in [6, 6.07) is 3.23. The fourth-order valence-electron chi connectivity index (χ4n) is 2.50. The standard InChI is InChI=1S/C14H17N3O3/c1-15-6-9-16-8-5-11(10-16)17-7-3-4-12(13(17)18)14(19)20-2/h3-4,7,11H,5-6,8-10H2,2H3/t11-/m1/s1. The fraction of sp³-hybridized carbons (Fsp3) is 0.500. The molecule has 0 saturated carbocycles. The van der Waals surface area contributed by atoms with Gasteiger partial charge in [-0.25, -0.2) is 11.4 Å². The first-order valence-corrected chi connectivity index (χ1v) is 6.52. The van der Waals surface area contributed by atoms with E-state index in [4.69, 9.17) is 6.57 Å². The van der Waals surface area contributed by atoms with Crippen molar-refractivity contribution >= 4 is 5.97 Å². The van der Waals surface area contributed by atoms with Gasteiger partial charge in [0, 0.05) is 19.3 Å². The number of likely N-dealkylation sites (tertiary alicyclic amines) is 1. The van der Waals surface area contributed by atoms with Crippen molar-refractivity contribution in [2.24, 2.45) is 0 Å². The van der Waals surface area contributed by atoms with Crippen LogP contribution in [0, 0.1) is 6.57 Å². The van der Waals surface area contributed by atoms with E-state index in [-0.39, 0.29) is 17.2 Å². The number of carbonyl (C=O) groups is 1. The lowest BCUT2D eigenvalue weighted by molar-refractivity contribution is 0.0597. The number of esters is 1. The molecule has 0 aliphatic carbocycles. The van der Waals surface area contributed by atoms with Crippen molar-refractivity contribution in [3.63, 3.8) is 0 Å². The second-order valence-corrected chi connectivity index (χ2v) is 4.75. The van der Waals surface area contributed by atoms with Gasteiger partial charge in [-0.3, -0.25) is 9.69 Å². The molecule has 1 aromatic rings. The highest BCUT2D eigenvalue weighted by atomic mass is 16.5. The maximum absolute atomic E-state index is 12.3. The summed E-state index contributed by atoms with van der Waals surface area (Å²) in [5.74, 6) is -0.604. The lowest BCUT2D eigenvalue weighted by atomic mass is 10.2. The summed E-state index contributed by atoms with van der Waals surface area (Å²) >= 11 is 0. The Morgan fingerprint density at radius 1 is 1.60 bits per heavy atom. The van der Waals surface area contributed by atoms with Gasteiger partial charge >= 0.3 is 5.97 Å². The topological polar surface area (TPSA) is 55.9 Å². The molecular weight excluding hydrogens is 258 g/mol. The van der Waals surface area contributed by atoms with Crippen LogP contribution in [0.2, 0.25) is 0 Å². The molecule has 1 aliphatic rings. The molecule has 1 aromatic heterocycles. The lowest BCUT2D eigenvalue weighted by Gasteiger charge is -2.16. The Morgan fingerprint density at radius 3 is 3.10 bits per heavy atom. The molecule has 1 aliphatic heterocycles. The molecule has 6 nitrogen and oxygen atoms in total. The summed E-state index contributed by atoms with van der Waals surface area (Å²) < 4.78 is 6.21. The minimum atomic E-state index is -0.604. The second kappa shape index (κ2) is 6.35. The highest BCUT2D eigenvalue weighted by Crippen LogP contribution is 2.19. The summed E-state index contributed by atoms with van der Waals surface area (Å²) in [4.78, 5) is 29.3. The average Bonchev–Trinajstić information content (AvgIpc) is 2.93. The Labute approximate surface area is 117 Å². The van der Waals surface area contributed by atoms with Crippen LogP contribution in [0.15, 0.2) is 23.1 Å².